The van der Waals surface area contributed by atoms with Crippen LogP contribution < -0.4 is 10.1 Å². The molecule has 5 rings (SSSR count). The fraction of sp³-hybridized carbons (Fsp3) is 0.176. The van der Waals surface area contributed by atoms with Crippen molar-refractivity contribution >= 4 is 6.41 Å². The molecule has 196 valence electrons. The minimum atomic E-state index is -0.615. The van der Waals surface area contributed by atoms with Gasteiger partial charge in [-0.2, -0.15) is 0 Å². The summed E-state index contributed by atoms with van der Waals surface area (Å²) in [7, 11) is 1.66. The molecule has 1 N–H and O–H groups in total. The number of amides is 1. The third kappa shape index (κ3) is 5.48. The van der Waals surface area contributed by atoms with E-state index in [1.807, 2.05) is 54.6 Å². The predicted octanol–water partition coefficient (Wildman–Crippen LogP) is 7.82. The fourth-order valence-corrected chi connectivity index (χ4v) is 4.81. The van der Waals surface area contributed by atoms with Gasteiger partial charge in [0.05, 0.1) is 7.11 Å². The number of hydrogen-bond acceptors (Lipinski definition) is 4. The SMILES string of the molecule is COc1cc(-c2coc(C(NC=O)c3c(-c4ccccc4)cccc3-c3ccccc3)n2)cc(C(C)(C)C)c1. The summed E-state index contributed by atoms with van der Waals surface area (Å²) in [5.41, 5.74) is 7.59. The number of hydrogen-bond donors (Lipinski definition) is 1. The van der Waals surface area contributed by atoms with Crippen LogP contribution in [0.4, 0.5) is 0 Å². The molecular weight excluding hydrogens is 484 g/mol. The first-order chi connectivity index (χ1) is 18.9. The Labute approximate surface area is 229 Å². The van der Waals surface area contributed by atoms with Crippen LogP contribution in [0.5, 0.6) is 5.75 Å². The van der Waals surface area contributed by atoms with Crippen LogP contribution in [0.25, 0.3) is 33.5 Å². The smallest absolute Gasteiger partial charge is 0.221 e. The van der Waals surface area contributed by atoms with E-state index in [4.69, 9.17) is 14.1 Å². The molecule has 5 heteroatoms. The molecule has 5 nitrogen and oxygen atoms in total. The van der Waals surface area contributed by atoms with E-state index in [1.165, 1.54) is 0 Å². The van der Waals surface area contributed by atoms with Gasteiger partial charge in [-0.3, -0.25) is 4.79 Å². The Kier molecular flexibility index (Phi) is 7.33. The first kappa shape index (κ1) is 26.0. The van der Waals surface area contributed by atoms with Crippen LogP contribution in [-0.2, 0) is 10.2 Å². The van der Waals surface area contributed by atoms with Gasteiger partial charge in [0.15, 0.2) is 0 Å². The van der Waals surface area contributed by atoms with Gasteiger partial charge in [0.2, 0.25) is 12.3 Å². The third-order valence-corrected chi connectivity index (χ3v) is 6.87. The number of oxazole rings is 1. The van der Waals surface area contributed by atoms with Crippen molar-refractivity contribution in [2.24, 2.45) is 0 Å². The second-order valence-electron chi connectivity index (χ2n) is 10.5. The van der Waals surface area contributed by atoms with E-state index in [2.05, 4.69) is 68.6 Å². The van der Waals surface area contributed by atoms with Gasteiger partial charge < -0.3 is 14.5 Å². The molecular formula is C34H32N2O3. The molecule has 39 heavy (non-hydrogen) atoms. The number of nitrogens with zero attached hydrogens (tertiary/aromatic N) is 1. The van der Waals surface area contributed by atoms with Crippen molar-refractivity contribution in [3.05, 3.63) is 120 Å². The molecule has 0 radical (unpaired) electrons. The largest absolute Gasteiger partial charge is 0.497 e. The quantitative estimate of drug-likeness (QED) is 0.214. The Morgan fingerprint density at radius 2 is 1.44 bits per heavy atom. The Bertz CT molecular complexity index is 1510. The van der Waals surface area contributed by atoms with E-state index in [9.17, 15) is 4.79 Å². The molecule has 0 aliphatic rings. The second-order valence-corrected chi connectivity index (χ2v) is 10.5. The molecule has 1 heterocycles. The average Bonchev–Trinajstić information content (AvgIpc) is 3.46. The summed E-state index contributed by atoms with van der Waals surface area (Å²) >= 11 is 0. The van der Waals surface area contributed by atoms with E-state index in [0.29, 0.717) is 18.0 Å². The standard InChI is InChI=1S/C34H32N2O3/c1-34(2,3)26-18-25(19-27(20-26)38-4)30-21-39-33(36-30)32(35-22-37)31-28(23-12-7-5-8-13-23)16-11-17-29(31)24-14-9-6-10-15-24/h5-22,32H,1-4H3,(H,35,37). The molecule has 0 bridgehead atoms. The first-order valence-corrected chi connectivity index (χ1v) is 13.0. The van der Waals surface area contributed by atoms with Gasteiger partial charge in [-0.25, -0.2) is 4.98 Å². The highest BCUT2D eigenvalue weighted by Crippen LogP contribution is 2.40. The molecule has 5 aromatic rings. The van der Waals surface area contributed by atoms with Gasteiger partial charge in [-0.15, -0.1) is 0 Å². The number of carbonyl (C=O) groups excluding carboxylic acids is 1. The molecule has 0 aliphatic carbocycles. The minimum absolute atomic E-state index is 0.0727. The van der Waals surface area contributed by atoms with Crippen molar-refractivity contribution in [1.82, 2.24) is 10.3 Å². The Morgan fingerprint density at radius 3 is 1.97 bits per heavy atom. The lowest BCUT2D eigenvalue weighted by Gasteiger charge is -2.22. The van der Waals surface area contributed by atoms with Crippen LogP contribution in [0.15, 0.2) is 108 Å². The minimum Gasteiger partial charge on any atom is -0.497 e. The average molecular weight is 517 g/mol. The van der Waals surface area contributed by atoms with Crippen molar-refractivity contribution in [2.75, 3.05) is 7.11 Å². The third-order valence-electron chi connectivity index (χ3n) is 6.87. The zero-order valence-corrected chi connectivity index (χ0v) is 22.6. The summed E-state index contributed by atoms with van der Waals surface area (Å²) in [6.45, 7) is 6.49. The highest BCUT2D eigenvalue weighted by Gasteiger charge is 2.27. The molecule has 0 fully saturated rings. The maximum atomic E-state index is 12.0. The first-order valence-electron chi connectivity index (χ1n) is 13.0. The Morgan fingerprint density at radius 1 is 0.821 bits per heavy atom. The highest BCUT2D eigenvalue weighted by molar-refractivity contribution is 5.80. The van der Waals surface area contributed by atoms with E-state index < -0.39 is 6.04 Å². The molecule has 0 saturated carbocycles. The predicted molar refractivity (Wildman–Crippen MR) is 156 cm³/mol. The Balaban J connectivity index is 1.68. The van der Waals surface area contributed by atoms with Gasteiger partial charge in [0.25, 0.3) is 0 Å². The maximum absolute atomic E-state index is 12.0. The number of ether oxygens (including phenoxy) is 1. The summed E-state index contributed by atoms with van der Waals surface area (Å²) in [6.07, 6.45) is 2.34. The van der Waals surface area contributed by atoms with Gasteiger partial charge in [0.1, 0.15) is 23.7 Å². The highest BCUT2D eigenvalue weighted by atomic mass is 16.5. The Hall–Kier alpha value is -4.64. The van der Waals surface area contributed by atoms with Crippen molar-refractivity contribution in [3.63, 3.8) is 0 Å². The zero-order valence-electron chi connectivity index (χ0n) is 22.6. The molecule has 0 spiro atoms. The lowest BCUT2D eigenvalue weighted by molar-refractivity contribution is -0.110. The summed E-state index contributed by atoms with van der Waals surface area (Å²) in [5, 5.41) is 3.00. The topological polar surface area (TPSA) is 64.4 Å². The normalized spacial score (nSPS) is 12.1. The van der Waals surface area contributed by atoms with Crippen molar-refractivity contribution in [3.8, 4) is 39.3 Å². The maximum Gasteiger partial charge on any atom is 0.221 e. The van der Waals surface area contributed by atoms with E-state index in [-0.39, 0.29) is 5.41 Å². The molecule has 4 aromatic carbocycles. The zero-order chi connectivity index (χ0) is 27.4. The summed E-state index contributed by atoms with van der Waals surface area (Å²) < 4.78 is 11.7. The fourth-order valence-electron chi connectivity index (χ4n) is 4.81. The number of benzene rings is 4. The second kappa shape index (κ2) is 11.0. The number of methoxy groups -OCH3 is 1. The van der Waals surface area contributed by atoms with Crippen LogP contribution >= 0.6 is 0 Å². The van der Waals surface area contributed by atoms with E-state index in [1.54, 1.807) is 13.4 Å². The number of carbonyl (C=O) groups is 1. The van der Waals surface area contributed by atoms with Crippen molar-refractivity contribution < 1.29 is 13.9 Å². The molecule has 1 amide bonds. The van der Waals surface area contributed by atoms with Gasteiger partial charge >= 0.3 is 0 Å². The van der Waals surface area contributed by atoms with Gasteiger partial charge in [-0.05, 0) is 57.0 Å². The summed E-state index contributed by atoms with van der Waals surface area (Å²) in [5.74, 6) is 1.16. The van der Waals surface area contributed by atoms with Crippen LogP contribution in [-0.4, -0.2) is 18.5 Å². The van der Waals surface area contributed by atoms with Gasteiger partial charge in [0, 0.05) is 5.56 Å². The molecule has 0 aliphatic heterocycles. The van der Waals surface area contributed by atoms with Crippen molar-refractivity contribution in [1.29, 1.82) is 0 Å². The molecule has 1 aromatic heterocycles. The number of aromatic nitrogens is 1. The van der Waals surface area contributed by atoms with E-state index in [0.717, 1.165) is 44.7 Å². The number of nitrogens with one attached hydrogen (secondary N) is 1. The molecule has 1 unspecified atom stereocenters. The monoisotopic (exact) mass is 516 g/mol. The van der Waals surface area contributed by atoms with Crippen LogP contribution in [0.2, 0.25) is 0 Å². The lowest BCUT2D eigenvalue weighted by atomic mass is 9.85. The van der Waals surface area contributed by atoms with Crippen LogP contribution in [0, 0.1) is 0 Å². The van der Waals surface area contributed by atoms with Crippen LogP contribution in [0.1, 0.15) is 43.8 Å². The summed E-state index contributed by atoms with van der Waals surface area (Å²) in [4.78, 5) is 16.9. The van der Waals surface area contributed by atoms with E-state index >= 15 is 0 Å². The lowest BCUT2D eigenvalue weighted by Crippen LogP contribution is -2.22. The molecule has 0 saturated heterocycles. The van der Waals surface area contributed by atoms with Gasteiger partial charge in [-0.1, -0.05) is 99.6 Å². The van der Waals surface area contributed by atoms with Crippen molar-refractivity contribution in [2.45, 2.75) is 32.2 Å². The van der Waals surface area contributed by atoms with Crippen LogP contribution in [0.3, 0.4) is 0 Å². The molecule has 1 atom stereocenters. The summed E-state index contributed by atoms with van der Waals surface area (Å²) in [6, 6.07) is 32.0. The number of rotatable bonds is 8.